The number of nitrogens with one attached hydrogen (secondary N) is 1. The number of carbonyl (C=O) groups is 1. The van der Waals surface area contributed by atoms with Gasteiger partial charge in [0.2, 0.25) is 0 Å². The Morgan fingerprint density at radius 1 is 1.40 bits per heavy atom. The first kappa shape index (κ1) is 13.5. The quantitative estimate of drug-likeness (QED) is 0.876. The maximum Gasteiger partial charge on any atom is 0.276 e. The molecule has 0 aromatic carbocycles. The van der Waals surface area contributed by atoms with Gasteiger partial charge < -0.3 is 10.2 Å². The summed E-state index contributed by atoms with van der Waals surface area (Å²) in [7, 11) is 0. The summed E-state index contributed by atoms with van der Waals surface area (Å²) in [4.78, 5) is 14.4. The highest BCUT2D eigenvalue weighted by molar-refractivity contribution is 5.92. The molecule has 0 aliphatic carbocycles. The molecule has 20 heavy (non-hydrogen) atoms. The minimum absolute atomic E-state index is 0.0372. The lowest BCUT2D eigenvalue weighted by molar-refractivity contribution is 0.0775. The van der Waals surface area contributed by atoms with Crippen LogP contribution < -0.4 is 5.32 Å². The third kappa shape index (κ3) is 2.70. The highest BCUT2D eigenvalue weighted by Gasteiger charge is 2.38. The molecule has 1 aromatic heterocycles. The van der Waals surface area contributed by atoms with Gasteiger partial charge >= 0.3 is 0 Å². The number of rotatable bonds is 4. The van der Waals surface area contributed by atoms with Crippen molar-refractivity contribution < 1.29 is 4.79 Å². The fraction of sp³-hybridized carbons (Fsp3) is 0.786. The van der Waals surface area contributed by atoms with Gasteiger partial charge in [-0.15, -0.1) is 5.10 Å². The average Bonchev–Trinajstić information content (AvgIpc) is 3.10. The van der Waals surface area contributed by atoms with Crippen molar-refractivity contribution in [2.24, 2.45) is 17.8 Å². The molecule has 1 aromatic rings. The molecule has 0 bridgehead atoms. The molecule has 0 saturated carbocycles. The largest absolute Gasteiger partial charge is 0.337 e. The summed E-state index contributed by atoms with van der Waals surface area (Å²) >= 11 is 0. The number of aryl methyl sites for hydroxylation is 1. The molecule has 2 aliphatic heterocycles. The summed E-state index contributed by atoms with van der Waals surface area (Å²) in [5.74, 6) is 1.91. The summed E-state index contributed by atoms with van der Waals surface area (Å²) in [6.07, 6.45) is 2.84. The molecule has 6 heteroatoms. The summed E-state index contributed by atoms with van der Waals surface area (Å²) in [5, 5.41) is 11.5. The van der Waals surface area contributed by atoms with Crippen LogP contribution in [0.3, 0.4) is 0 Å². The molecule has 1 N–H and O–H groups in total. The first-order chi connectivity index (χ1) is 9.63. The predicted molar refractivity (Wildman–Crippen MR) is 75.2 cm³/mol. The normalized spacial score (nSPS) is 25.4. The Balaban J connectivity index is 1.60. The molecule has 2 fully saturated rings. The third-order valence-corrected chi connectivity index (χ3v) is 4.37. The molecule has 2 saturated heterocycles. The van der Waals surface area contributed by atoms with Gasteiger partial charge in [0.05, 0.1) is 6.20 Å². The Hall–Kier alpha value is -1.43. The zero-order chi connectivity index (χ0) is 14.1. The Kier molecular flexibility index (Phi) is 3.74. The van der Waals surface area contributed by atoms with Gasteiger partial charge in [0.15, 0.2) is 5.69 Å². The molecular weight excluding hydrogens is 254 g/mol. The number of amides is 1. The predicted octanol–water partition coefficient (Wildman–Crippen LogP) is 0.616. The summed E-state index contributed by atoms with van der Waals surface area (Å²) in [5.41, 5.74) is 0.488. The molecule has 3 heterocycles. The van der Waals surface area contributed by atoms with E-state index < -0.39 is 0 Å². The van der Waals surface area contributed by atoms with Crippen LogP contribution in [0.5, 0.6) is 0 Å². The second-order valence-corrected chi connectivity index (χ2v) is 6.44. The van der Waals surface area contributed by atoms with E-state index in [0.717, 1.165) is 39.1 Å². The van der Waals surface area contributed by atoms with E-state index in [4.69, 9.17) is 0 Å². The molecule has 2 atom stereocenters. The van der Waals surface area contributed by atoms with E-state index in [1.165, 1.54) is 0 Å². The summed E-state index contributed by atoms with van der Waals surface area (Å²) in [6, 6.07) is 0. The van der Waals surface area contributed by atoms with Crippen LogP contribution in [0.15, 0.2) is 6.20 Å². The van der Waals surface area contributed by atoms with Crippen molar-refractivity contribution in [3.05, 3.63) is 11.9 Å². The van der Waals surface area contributed by atoms with Crippen LogP contribution in [0.25, 0.3) is 0 Å². The van der Waals surface area contributed by atoms with Crippen molar-refractivity contribution in [3.8, 4) is 0 Å². The van der Waals surface area contributed by atoms with E-state index in [-0.39, 0.29) is 5.91 Å². The lowest BCUT2D eigenvalue weighted by Gasteiger charge is -2.15. The SMILES string of the molecule is CC(C)CCn1cc(C(=O)N2C[C@H]3CNC[C@H]3C2)nn1. The minimum Gasteiger partial charge on any atom is -0.337 e. The van der Waals surface area contributed by atoms with Gasteiger partial charge in [-0.25, -0.2) is 0 Å². The number of aromatic nitrogens is 3. The van der Waals surface area contributed by atoms with Gasteiger partial charge in [0.1, 0.15) is 0 Å². The summed E-state index contributed by atoms with van der Waals surface area (Å²) in [6.45, 7) is 8.98. The van der Waals surface area contributed by atoms with Gasteiger partial charge in [-0.3, -0.25) is 9.48 Å². The van der Waals surface area contributed by atoms with Crippen molar-refractivity contribution in [1.82, 2.24) is 25.2 Å². The molecule has 110 valence electrons. The Bertz CT molecular complexity index is 472. The van der Waals surface area contributed by atoms with Crippen LogP contribution in [0.4, 0.5) is 0 Å². The monoisotopic (exact) mass is 277 g/mol. The minimum atomic E-state index is 0.0372. The molecular formula is C14H23N5O. The summed E-state index contributed by atoms with van der Waals surface area (Å²) < 4.78 is 1.78. The van der Waals surface area contributed by atoms with E-state index in [9.17, 15) is 4.79 Å². The molecule has 6 nitrogen and oxygen atoms in total. The van der Waals surface area contributed by atoms with Gasteiger partial charge in [-0.1, -0.05) is 19.1 Å². The zero-order valence-electron chi connectivity index (χ0n) is 12.2. The van der Waals surface area contributed by atoms with Crippen LogP contribution >= 0.6 is 0 Å². The van der Waals surface area contributed by atoms with Crippen molar-refractivity contribution in [2.45, 2.75) is 26.8 Å². The van der Waals surface area contributed by atoms with Crippen LogP contribution in [0, 0.1) is 17.8 Å². The van der Waals surface area contributed by atoms with Crippen molar-refractivity contribution in [3.63, 3.8) is 0 Å². The molecule has 2 aliphatic rings. The van der Waals surface area contributed by atoms with Crippen LogP contribution in [0.1, 0.15) is 30.8 Å². The highest BCUT2D eigenvalue weighted by Crippen LogP contribution is 2.27. The fourth-order valence-corrected chi connectivity index (χ4v) is 3.08. The Morgan fingerprint density at radius 2 is 2.10 bits per heavy atom. The Morgan fingerprint density at radius 3 is 2.75 bits per heavy atom. The standard InChI is InChI=1S/C14H23N5O/c1-10(2)3-4-19-9-13(16-17-19)14(20)18-7-11-5-15-6-12(11)8-18/h9-12,15H,3-8H2,1-2H3/t11-,12+. The first-order valence-electron chi connectivity index (χ1n) is 7.53. The number of hydrogen-bond donors (Lipinski definition) is 1. The number of fused-ring (bicyclic) bond motifs is 1. The number of nitrogens with zero attached hydrogens (tertiary/aromatic N) is 4. The number of likely N-dealkylation sites (tertiary alicyclic amines) is 1. The fourth-order valence-electron chi connectivity index (χ4n) is 3.08. The number of hydrogen-bond acceptors (Lipinski definition) is 4. The number of carbonyl (C=O) groups excluding carboxylic acids is 1. The molecule has 0 unspecified atom stereocenters. The third-order valence-electron chi connectivity index (χ3n) is 4.37. The molecule has 0 spiro atoms. The highest BCUT2D eigenvalue weighted by atomic mass is 16.2. The van der Waals surface area contributed by atoms with E-state index in [2.05, 4.69) is 29.5 Å². The van der Waals surface area contributed by atoms with Gasteiger partial charge in [-0.05, 0) is 24.2 Å². The molecule has 3 rings (SSSR count). The first-order valence-corrected chi connectivity index (χ1v) is 7.53. The van der Waals surface area contributed by atoms with E-state index in [0.29, 0.717) is 23.4 Å². The lowest BCUT2D eigenvalue weighted by Crippen LogP contribution is -2.32. The van der Waals surface area contributed by atoms with Crippen molar-refractivity contribution in [1.29, 1.82) is 0 Å². The maximum atomic E-state index is 12.4. The smallest absolute Gasteiger partial charge is 0.276 e. The van der Waals surface area contributed by atoms with Crippen LogP contribution in [-0.4, -0.2) is 52.0 Å². The second-order valence-electron chi connectivity index (χ2n) is 6.44. The second kappa shape index (κ2) is 5.52. The van der Waals surface area contributed by atoms with Gasteiger partial charge in [-0.2, -0.15) is 0 Å². The van der Waals surface area contributed by atoms with Gasteiger partial charge in [0.25, 0.3) is 5.91 Å². The van der Waals surface area contributed by atoms with E-state index in [1.54, 1.807) is 10.9 Å². The maximum absolute atomic E-state index is 12.4. The molecule has 1 amide bonds. The lowest BCUT2D eigenvalue weighted by atomic mass is 10.0. The zero-order valence-corrected chi connectivity index (χ0v) is 12.2. The van der Waals surface area contributed by atoms with Crippen LogP contribution in [-0.2, 0) is 6.54 Å². The van der Waals surface area contributed by atoms with Gasteiger partial charge in [0, 0.05) is 32.7 Å². The molecule has 0 radical (unpaired) electrons. The topological polar surface area (TPSA) is 63.1 Å². The Labute approximate surface area is 119 Å². The van der Waals surface area contributed by atoms with Crippen molar-refractivity contribution >= 4 is 5.91 Å². The van der Waals surface area contributed by atoms with Crippen LogP contribution in [0.2, 0.25) is 0 Å². The van der Waals surface area contributed by atoms with Crippen molar-refractivity contribution in [2.75, 3.05) is 26.2 Å². The van der Waals surface area contributed by atoms with E-state index >= 15 is 0 Å². The van der Waals surface area contributed by atoms with E-state index in [1.807, 2.05) is 4.90 Å². The average molecular weight is 277 g/mol.